The average molecular weight is 318 g/mol. The SMILES string of the molecule is C=CNCCCCOC(=O)c1c[nH]c2ccc(OC)c(OC)c12. The lowest BCUT2D eigenvalue weighted by Crippen LogP contribution is -2.10. The molecule has 2 rings (SSSR count). The molecule has 6 heteroatoms. The van der Waals surface area contributed by atoms with E-state index in [0.29, 0.717) is 29.1 Å². The summed E-state index contributed by atoms with van der Waals surface area (Å²) < 4.78 is 16.0. The standard InChI is InChI=1S/C17H22N2O4/c1-4-18-9-5-6-10-23-17(20)12-11-19-13-7-8-14(21-2)16(22-3)15(12)13/h4,7-8,11,18-19H,1,5-6,9-10H2,2-3H3. The first-order chi connectivity index (χ1) is 11.2. The van der Waals surface area contributed by atoms with Crippen molar-refractivity contribution in [1.29, 1.82) is 0 Å². The van der Waals surface area contributed by atoms with Gasteiger partial charge in [0.1, 0.15) is 0 Å². The number of benzene rings is 1. The molecule has 0 unspecified atom stereocenters. The monoisotopic (exact) mass is 318 g/mol. The van der Waals surface area contributed by atoms with Crippen LogP contribution >= 0.6 is 0 Å². The van der Waals surface area contributed by atoms with E-state index in [4.69, 9.17) is 14.2 Å². The second-order valence-corrected chi connectivity index (χ2v) is 4.93. The smallest absolute Gasteiger partial charge is 0.340 e. The molecule has 1 aromatic heterocycles. The van der Waals surface area contributed by atoms with Crippen LogP contribution in [-0.4, -0.2) is 38.3 Å². The molecule has 0 fully saturated rings. The number of nitrogens with one attached hydrogen (secondary N) is 2. The highest BCUT2D eigenvalue weighted by Gasteiger charge is 2.19. The first kappa shape index (κ1) is 16.7. The number of ether oxygens (including phenoxy) is 3. The summed E-state index contributed by atoms with van der Waals surface area (Å²) in [4.78, 5) is 15.4. The molecule has 0 spiro atoms. The molecule has 0 atom stereocenters. The number of fused-ring (bicyclic) bond motifs is 1. The van der Waals surface area contributed by atoms with E-state index in [-0.39, 0.29) is 5.97 Å². The van der Waals surface area contributed by atoms with Crippen molar-refractivity contribution in [3.05, 3.63) is 36.7 Å². The third kappa shape index (κ3) is 3.77. The first-order valence-electron chi connectivity index (χ1n) is 7.46. The van der Waals surface area contributed by atoms with Gasteiger partial charge >= 0.3 is 5.97 Å². The Morgan fingerprint density at radius 2 is 2.13 bits per heavy atom. The largest absolute Gasteiger partial charge is 0.493 e. The zero-order chi connectivity index (χ0) is 16.7. The summed E-state index contributed by atoms with van der Waals surface area (Å²) >= 11 is 0. The van der Waals surface area contributed by atoms with Crippen LogP contribution in [0.25, 0.3) is 10.9 Å². The predicted molar refractivity (Wildman–Crippen MR) is 89.1 cm³/mol. The van der Waals surface area contributed by atoms with Gasteiger partial charge in [-0.1, -0.05) is 6.58 Å². The number of unbranched alkanes of at least 4 members (excludes halogenated alkanes) is 1. The summed E-state index contributed by atoms with van der Waals surface area (Å²) in [5.74, 6) is 0.719. The minimum absolute atomic E-state index is 0.372. The molecule has 0 amide bonds. The van der Waals surface area contributed by atoms with E-state index >= 15 is 0 Å². The average Bonchev–Trinajstić information content (AvgIpc) is 3.01. The molecular weight excluding hydrogens is 296 g/mol. The second-order valence-electron chi connectivity index (χ2n) is 4.93. The second kappa shape index (κ2) is 8.12. The first-order valence-corrected chi connectivity index (χ1v) is 7.46. The van der Waals surface area contributed by atoms with E-state index in [9.17, 15) is 4.79 Å². The number of aromatic nitrogens is 1. The van der Waals surface area contributed by atoms with Crippen LogP contribution in [0.1, 0.15) is 23.2 Å². The third-order valence-corrected chi connectivity index (χ3v) is 3.50. The zero-order valence-corrected chi connectivity index (χ0v) is 13.5. The van der Waals surface area contributed by atoms with Crippen molar-refractivity contribution >= 4 is 16.9 Å². The Morgan fingerprint density at radius 1 is 1.30 bits per heavy atom. The molecule has 0 saturated carbocycles. The lowest BCUT2D eigenvalue weighted by molar-refractivity contribution is 0.0501. The normalized spacial score (nSPS) is 10.3. The summed E-state index contributed by atoms with van der Waals surface area (Å²) in [5, 5.41) is 3.68. The Labute approximate surface area is 135 Å². The number of esters is 1. The van der Waals surface area contributed by atoms with Gasteiger partial charge in [0.25, 0.3) is 0 Å². The number of methoxy groups -OCH3 is 2. The minimum Gasteiger partial charge on any atom is -0.493 e. The van der Waals surface area contributed by atoms with Gasteiger partial charge in [-0.2, -0.15) is 0 Å². The number of carbonyl (C=O) groups excluding carboxylic acids is 1. The van der Waals surface area contributed by atoms with Crippen molar-refractivity contribution in [3.8, 4) is 11.5 Å². The van der Waals surface area contributed by atoms with E-state index in [0.717, 1.165) is 24.9 Å². The fourth-order valence-electron chi connectivity index (χ4n) is 2.37. The van der Waals surface area contributed by atoms with E-state index in [1.807, 2.05) is 6.07 Å². The van der Waals surface area contributed by atoms with Crippen molar-refractivity contribution in [2.75, 3.05) is 27.4 Å². The van der Waals surface area contributed by atoms with Crippen LogP contribution in [0.4, 0.5) is 0 Å². The molecule has 1 aromatic carbocycles. The molecular formula is C17H22N2O4. The molecule has 0 aliphatic heterocycles. The van der Waals surface area contributed by atoms with Crippen LogP contribution in [-0.2, 0) is 4.74 Å². The summed E-state index contributed by atoms with van der Waals surface area (Å²) in [5.41, 5.74) is 1.24. The number of aromatic amines is 1. The topological polar surface area (TPSA) is 72.6 Å². The molecule has 0 aliphatic rings. The van der Waals surface area contributed by atoms with Gasteiger partial charge in [-0.3, -0.25) is 0 Å². The molecule has 0 bridgehead atoms. The van der Waals surface area contributed by atoms with Gasteiger partial charge in [-0.25, -0.2) is 4.79 Å². The van der Waals surface area contributed by atoms with Crippen LogP contribution < -0.4 is 14.8 Å². The maximum atomic E-state index is 12.3. The van der Waals surface area contributed by atoms with Crippen molar-refractivity contribution < 1.29 is 19.0 Å². The quantitative estimate of drug-likeness (QED) is 0.549. The van der Waals surface area contributed by atoms with Crippen molar-refractivity contribution in [3.63, 3.8) is 0 Å². The number of H-pyrrole nitrogens is 1. The Hall–Kier alpha value is -2.63. The van der Waals surface area contributed by atoms with Gasteiger partial charge in [0.15, 0.2) is 11.5 Å². The number of rotatable bonds is 9. The Bertz CT molecular complexity index is 679. The highest BCUT2D eigenvalue weighted by molar-refractivity contribution is 6.07. The molecule has 23 heavy (non-hydrogen) atoms. The molecule has 2 aromatic rings. The maximum Gasteiger partial charge on any atom is 0.340 e. The van der Waals surface area contributed by atoms with Gasteiger partial charge in [-0.15, -0.1) is 0 Å². The molecule has 6 nitrogen and oxygen atoms in total. The van der Waals surface area contributed by atoms with Crippen molar-refractivity contribution in [1.82, 2.24) is 10.3 Å². The fraction of sp³-hybridized carbons (Fsp3) is 0.353. The van der Waals surface area contributed by atoms with Gasteiger partial charge in [0.2, 0.25) is 0 Å². The fourth-order valence-corrected chi connectivity index (χ4v) is 2.37. The van der Waals surface area contributed by atoms with Gasteiger partial charge in [0.05, 0.1) is 37.3 Å². The van der Waals surface area contributed by atoms with Crippen LogP contribution in [0.3, 0.4) is 0 Å². The summed E-state index contributed by atoms with van der Waals surface area (Å²) in [7, 11) is 3.11. The number of hydrogen-bond acceptors (Lipinski definition) is 5. The summed E-state index contributed by atoms with van der Waals surface area (Å²) in [6.07, 6.45) is 4.98. The maximum absolute atomic E-state index is 12.3. The van der Waals surface area contributed by atoms with E-state index < -0.39 is 0 Å². The van der Waals surface area contributed by atoms with E-state index in [2.05, 4.69) is 16.9 Å². The van der Waals surface area contributed by atoms with Crippen molar-refractivity contribution in [2.24, 2.45) is 0 Å². The van der Waals surface area contributed by atoms with E-state index in [1.165, 1.54) is 0 Å². The number of carbonyl (C=O) groups is 1. The van der Waals surface area contributed by atoms with Gasteiger partial charge in [-0.05, 0) is 31.2 Å². The molecule has 124 valence electrons. The van der Waals surface area contributed by atoms with Crippen molar-refractivity contribution in [2.45, 2.75) is 12.8 Å². The van der Waals surface area contributed by atoms with Crippen LogP contribution in [0.5, 0.6) is 11.5 Å². The molecule has 0 saturated heterocycles. The van der Waals surface area contributed by atoms with Gasteiger partial charge in [0, 0.05) is 12.7 Å². The highest BCUT2D eigenvalue weighted by atomic mass is 16.5. The summed E-state index contributed by atoms with van der Waals surface area (Å²) in [6, 6.07) is 3.63. The molecule has 1 heterocycles. The number of hydrogen-bond donors (Lipinski definition) is 2. The lowest BCUT2D eigenvalue weighted by Gasteiger charge is -2.10. The predicted octanol–water partition coefficient (Wildman–Crippen LogP) is 2.86. The Balaban J connectivity index is 2.10. The van der Waals surface area contributed by atoms with Crippen LogP contribution in [0, 0.1) is 0 Å². The van der Waals surface area contributed by atoms with Gasteiger partial charge < -0.3 is 24.5 Å². The van der Waals surface area contributed by atoms with E-state index in [1.54, 1.807) is 32.7 Å². The molecule has 0 aliphatic carbocycles. The molecule has 0 radical (unpaired) electrons. The minimum atomic E-state index is -0.375. The lowest BCUT2D eigenvalue weighted by atomic mass is 10.1. The zero-order valence-electron chi connectivity index (χ0n) is 13.5. The Morgan fingerprint density at radius 3 is 2.83 bits per heavy atom. The molecule has 2 N–H and O–H groups in total. The Kier molecular flexibility index (Phi) is 5.91. The summed E-state index contributed by atoms with van der Waals surface area (Å²) in [6.45, 7) is 4.77. The van der Waals surface area contributed by atoms with Crippen LogP contribution in [0.15, 0.2) is 31.1 Å². The third-order valence-electron chi connectivity index (χ3n) is 3.50. The highest BCUT2D eigenvalue weighted by Crippen LogP contribution is 2.37. The van der Waals surface area contributed by atoms with Crippen LogP contribution in [0.2, 0.25) is 0 Å².